The van der Waals surface area contributed by atoms with Gasteiger partial charge in [0.25, 0.3) is 5.91 Å². The van der Waals surface area contributed by atoms with Crippen molar-refractivity contribution in [3.63, 3.8) is 0 Å². The number of amides is 1. The van der Waals surface area contributed by atoms with E-state index in [0.717, 1.165) is 40.1 Å². The maximum Gasteiger partial charge on any atom is 0.258 e. The van der Waals surface area contributed by atoms with Crippen molar-refractivity contribution in [3.05, 3.63) is 151 Å². The molecule has 0 aliphatic carbocycles. The number of hydrogen-bond donors (Lipinski definition) is 2. The molecule has 4 aromatic carbocycles. The lowest BCUT2D eigenvalue weighted by molar-refractivity contribution is -0.122. The summed E-state index contributed by atoms with van der Waals surface area (Å²) in [4.78, 5) is 14.4. The first kappa shape index (κ1) is 38.1. The van der Waals surface area contributed by atoms with Gasteiger partial charge in [0, 0.05) is 33.8 Å². The summed E-state index contributed by atoms with van der Waals surface area (Å²) in [6.07, 6.45) is 2.14. The molecule has 51 heavy (non-hydrogen) atoms. The van der Waals surface area contributed by atoms with E-state index in [1.807, 2.05) is 91.0 Å². The molecule has 6 nitrogen and oxygen atoms in total. The Balaban J connectivity index is 1.52. The number of alkyl halides is 1. The molecule has 0 radical (unpaired) electrons. The number of carbonyl (C=O) groups excluding carboxylic acids is 1. The summed E-state index contributed by atoms with van der Waals surface area (Å²) in [6, 6.07) is 35.9. The van der Waals surface area contributed by atoms with Crippen LogP contribution < -0.4 is 5.32 Å². The first-order chi connectivity index (χ1) is 24.7. The average Bonchev–Trinajstić information content (AvgIpc) is 3.49. The predicted octanol–water partition coefficient (Wildman–Crippen LogP) is 10.4. The molecule has 0 spiro atoms. The van der Waals surface area contributed by atoms with Gasteiger partial charge in [-0.3, -0.25) is 4.79 Å². The second kappa shape index (κ2) is 18.9. The number of anilines is 1. The van der Waals surface area contributed by atoms with Gasteiger partial charge in [-0.2, -0.15) is 0 Å². The highest BCUT2D eigenvalue weighted by molar-refractivity contribution is 14.1. The Morgan fingerprint density at radius 2 is 1.51 bits per heavy atom. The summed E-state index contributed by atoms with van der Waals surface area (Å²) in [6.45, 7) is 9.18. The Hall–Kier alpha value is -4.09. The molecule has 1 amide bonds. The SMILES string of the molecule is C=CCOC(O)C[C@@H](C[C@H](I)CCn1c(-c2ccc(F)cc2)c(-c2ccccc2)c(C(=O)Nc2ccccc2)c1C(C)C)OCc1ccccc1. The second-order valence-corrected chi connectivity index (χ2v) is 14.6. The van der Waals surface area contributed by atoms with Crippen LogP contribution in [0.3, 0.4) is 0 Å². The summed E-state index contributed by atoms with van der Waals surface area (Å²) in [5, 5.41) is 13.8. The van der Waals surface area contributed by atoms with E-state index in [1.165, 1.54) is 12.1 Å². The topological polar surface area (TPSA) is 72.7 Å². The fraction of sp³-hybridized carbons (Fsp3) is 0.279. The summed E-state index contributed by atoms with van der Waals surface area (Å²) in [7, 11) is 0. The van der Waals surface area contributed by atoms with Crippen molar-refractivity contribution in [1.29, 1.82) is 0 Å². The number of halogens is 2. The Morgan fingerprint density at radius 1 is 0.882 bits per heavy atom. The molecule has 0 saturated carbocycles. The average molecular weight is 801 g/mol. The van der Waals surface area contributed by atoms with Gasteiger partial charge in [-0.15, -0.1) is 6.58 Å². The number of nitrogens with one attached hydrogen (secondary N) is 1. The number of benzene rings is 4. The third-order valence-corrected chi connectivity index (χ3v) is 9.80. The maximum atomic E-state index is 14.4. The van der Waals surface area contributed by atoms with Gasteiger partial charge in [-0.05, 0) is 71.8 Å². The van der Waals surface area contributed by atoms with Crippen LogP contribution in [0.1, 0.15) is 60.6 Å². The van der Waals surface area contributed by atoms with Crippen LogP contribution >= 0.6 is 22.6 Å². The minimum absolute atomic E-state index is 0.00930. The normalized spacial score (nSPS) is 13.1. The van der Waals surface area contributed by atoms with E-state index >= 15 is 0 Å². The van der Waals surface area contributed by atoms with E-state index in [-0.39, 0.29) is 34.3 Å². The van der Waals surface area contributed by atoms with E-state index in [2.05, 4.69) is 52.9 Å². The van der Waals surface area contributed by atoms with Gasteiger partial charge in [0.2, 0.25) is 0 Å². The molecule has 0 bridgehead atoms. The number of aliphatic hydroxyl groups is 1. The van der Waals surface area contributed by atoms with Crippen LogP contribution in [0.25, 0.3) is 22.4 Å². The molecular weight excluding hydrogens is 754 g/mol. The van der Waals surface area contributed by atoms with Crippen LogP contribution in [0.5, 0.6) is 0 Å². The number of para-hydroxylation sites is 1. The largest absolute Gasteiger partial charge is 0.373 e. The number of aromatic nitrogens is 1. The predicted molar refractivity (Wildman–Crippen MR) is 213 cm³/mol. The minimum atomic E-state index is -0.978. The third-order valence-electron chi connectivity index (χ3n) is 8.67. The van der Waals surface area contributed by atoms with Gasteiger partial charge < -0.3 is 24.5 Å². The number of nitrogens with zero attached hydrogens (tertiary/aromatic N) is 1. The molecule has 5 rings (SSSR count). The third kappa shape index (κ3) is 10.5. The molecule has 3 atom stereocenters. The number of carbonyl (C=O) groups is 1. The van der Waals surface area contributed by atoms with Crippen LogP contribution in [0.4, 0.5) is 10.1 Å². The van der Waals surface area contributed by atoms with Gasteiger partial charge in [0.1, 0.15) is 5.82 Å². The van der Waals surface area contributed by atoms with Crippen LogP contribution in [0.15, 0.2) is 128 Å². The smallest absolute Gasteiger partial charge is 0.258 e. The molecule has 266 valence electrons. The van der Waals surface area contributed by atoms with Crippen molar-refractivity contribution in [1.82, 2.24) is 4.57 Å². The highest BCUT2D eigenvalue weighted by Crippen LogP contribution is 2.43. The van der Waals surface area contributed by atoms with Crippen molar-refractivity contribution in [2.75, 3.05) is 11.9 Å². The van der Waals surface area contributed by atoms with Crippen molar-refractivity contribution < 1.29 is 23.8 Å². The molecule has 8 heteroatoms. The van der Waals surface area contributed by atoms with E-state index in [1.54, 1.807) is 18.2 Å². The standard InChI is InChI=1S/C43H46FIN2O4/c1-4-26-50-38(48)28-37(51-29-31-14-8-5-9-15-31)27-35(45)24-25-47-41(30(2)3)40(43(49)46-36-18-12-7-13-19-36)39(32-16-10-6-11-17-32)42(47)33-20-22-34(44)23-21-33/h4-23,30,35,37-38,48H,1,24-29H2,2-3H3,(H,46,49)/t35-,37-,38?/m1/s1. The first-order valence-electron chi connectivity index (χ1n) is 17.4. The van der Waals surface area contributed by atoms with E-state index < -0.39 is 6.29 Å². The lowest BCUT2D eigenvalue weighted by Crippen LogP contribution is -2.26. The minimum Gasteiger partial charge on any atom is -0.373 e. The van der Waals surface area contributed by atoms with E-state index in [4.69, 9.17) is 9.47 Å². The highest BCUT2D eigenvalue weighted by Gasteiger charge is 2.31. The van der Waals surface area contributed by atoms with Crippen LogP contribution in [-0.2, 0) is 22.6 Å². The molecular formula is C43H46FIN2O4. The van der Waals surface area contributed by atoms with Crippen molar-refractivity contribution in [2.45, 2.75) is 68.5 Å². The van der Waals surface area contributed by atoms with Crippen LogP contribution in [-0.4, -0.2) is 38.5 Å². The molecule has 1 aromatic heterocycles. The number of aliphatic hydroxyl groups excluding tert-OH is 1. The molecule has 0 saturated heterocycles. The zero-order valence-corrected chi connectivity index (χ0v) is 31.3. The van der Waals surface area contributed by atoms with E-state index in [9.17, 15) is 14.3 Å². The Kier molecular flexibility index (Phi) is 14.2. The zero-order chi connectivity index (χ0) is 36.2. The molecule has 1 unspecified atom stereocenters. The molecule has 0 fully saturated rings. The van der Waals surface area contributed by atoms with Crippen molar-refractivity contribution in [2.24, 2.45) is 0 Å². The summed E-state index contributed by atoms with van der Waals surface area (Å²) >= 11 is 2.47. The van der Waals surface area contributed by atoms with Crippen molar-refractivity contribution >= 4 is 34.2 Å². The van der Waals surface area contributed by atoms with Crippen LogP contribution in [0.2, 0.25) is 0 Å². The molecule has 0 aliphatic rings. The summed E-state index contributed by atoms with van der Waals surface area (Å²) in [5.74, 6) is -0.526. The van der Waals surface area contributed by atoms with Gasteiger partial charge in [-0.1, -0.05) is 121 Å². The highest BCUT2D eigenvalue weighted by atomic mass is 127. The monoisotopic (exact) mass is 800 g/mol. The number of rotatable bonds is 18. The zero-order valence-electron chi connectivity index (χ0n) is 29.2. The van der Waals surface area contributed by atoms with Gasteiger partial charge in [0.05, 0.1) is 30.6 Å². The number of hydrogen-bond acceptors (Lipinski definition) is 4. The van der Waals surface area contributed by atoms with Gasteiger partial charge >= 0.3 is 0 Å². The molecule has 1 heterocycles. The Bertz CT molecular complexity index is 1830. The van der Waals surface area contributed by atoms with Gasteiger partial charge in [0.15, 0.2) is 6.29 Å². The quantitative estimate of drug-likeness (QED) is 0.0401. The van der Waals surface area contributed by atoms with Crippen molar-refractivity contribution in [3.8, 4) is 22.4 Å². The lowest BCUT2D eigenvalue weighted by Gasteiger charge is -2.24. The fourth-order valence-corrected chi connectivity index (χ4v) is 7.22. The summed E-state index contributed by atoms with van der Waals surface area (Å²) in [5.41, 5.74) is 6.71. The van der Waals surface area contributed by atoms with Crippen LogP contribution in [0, 0.1) is 5.82 Å². The molecule has 5 aromatic rings. The Morgan fingerprint density at radius 3 is 2.14 bits per heavy atom. The summed E-state index contributed by atoms with van der Waals surface area (Å²) < 4.78 is 28.6. The lowest BCUT2D eigenvalue weighted by atomic mass is 9.94. The van der Waals surface area contributed by atoms with Gasteiger partial charge in [-0.25, -0.2) is 4.39 Å². The first-order valence-corrected chi connectivity index (χ1v) is 18.6. The number of ether oxygens (including phenoxy) is 2. The van der Waals surface area contributed by atoms with E-state index in [0.29, 0.717) is 37.2 Å². The molecule has 2 N–H and O–H groups in total. The molecule has 0 aliphatic heterocycles. The maximum absolute atomic E-state index is 14.4. The second-order valence-electron chi connectivity index (χ2n) is 12.8. The fourth-order valence-electron chi connectivity index (χ4n) is 6.37. The Labute approximate surface area is 314 Å².